The fraction of sp³-hybridized carbons (Fsp3) is 0.407. The number of fused-ring (bicyclic) bond motifs is 1. The number of ketones is 1. The molecule has 2 aromatic rings. The molecule has 2 heterocycles. The van der Waals surface area contributed by atoms with Crippen molar-refractivity contribution in [2.45, 2.75) is 43.7 Å². The number of ether oxygens (including phenoxy) is 3. The zero-order chi connectivity index (χ0) is 26.2. The van der Waals surface area contributed by atoms with Crippen LogP contribution < -0.4 is 10.6 Å². The van der Waals surface area contributed by atoms with Gasteiger partial charge >= 0.3 is 6.09 Å². The second-order valence-corrected chi connectivity index (χ2v) is 10.1. The van der Waals surface area contributed by atoms with Gasteiger partial charge in [-0.25, -0.2) is 4.79 Å². The third-order valence-corrected chi connectivity index (χ3v) is 6.71. The van der Waals surface area contributed by atoms with Crippen LogP contribution in [0.2, 0.25) is 0 Å². The number of hydrogen-bond donors (Lipinski definition) is 2. The predicted molar refractivity (Wildman–Crippen MR) is 141 cm³/mol. The van der Waals surface area contributed by atoms with E-state index in [1.165, 1.54) is 16.4 Å². The Hall–Kier alpha value is -2.89. The monoisotopic (exact) mass is 527 g/mol. The number of rotatable bonds is 11. The summed E-state index contributed by atoms with van der Waals surface area (Å²) in [6.07, 6.45) is 0.784. The van der Waals surface area contributed by atoms with Crippen LogP contribution in [0.25, 0.3) is 6.08 Å². The van der Waals surface area contributed by atoms with Gasteiger partial charge in [-0.3, -0.25) is 14.9 Å². The van der Waals surface area contributed by atoms with Crippen molar-refractivity contribution in [3.05, 3.63) is 65.9 Å². The lowest BCUT2D eigenvalue weighted by atomic mass is 10.0. The van der Waals surface area contributed by atoms with Crippen molar-refractivity contribution < 1.29 is 28.6 Å². The van der Waals surface area contributed by atoms with Crippen LogP contribution >= 0.6 is 11.9 Å². The first-order valence-corrected chi connectivity index (χ1v) is 13.1. The number of nitrogens with one attached hydrogen (secondary N) is 2. The normalized spacial score (nSPS) is 21.2. The number of alkyl carbamates (subject to hydrolysis) is 1. The molecule has 1 amide bonds. The Morgan fingerprint density at radius 3 is 2.73 bits per heavy atom. The lowest BCUT2D eigenvalue weighted by Crippen LogP contribution is -2.37. The van der Waals surface area contributed by atoms with Crippen molar-refractivity contribution in [3.63, 3.8) is 0 Å². The van der Waals surface area contributed by atoms with Crippen LogP contribution in [0.4, 0.5) is 10.5 Å². The molecule has 4 rings (SSSR count). The van der Waals surface area contributed by atoms with Gasteiger partial charge in [-0.2, -0.15) is 0 Å². The quantitative estimate of drug-likeness (QED) is 0.249. The van der Waals surface area contributed by atoms with Crippen molar-refractivity contribution in [2.75, 3.05) is 32.1 Å². The summed E-state index contributed by atoms with van der Waals surface area (Å²) in [5.41, 5.74) is 1.82. The van der Waals surface area contributed by atoms with Gasteiger partial charge in [-0.05, 0) is 62.1 Å². The lowest BCUT2D eigenvalue weighted by Gasteiger charge is -2.23. The van der Waals surface area contributed by atoms with E-state index in [0.717, 1.165) is 22.6 Å². The second kappa shape index (κ2) is 13.1. The molecule has 2 aromatic carbocycles. The minimum absolute atomic E-state index is 0.00251. The van der Waals surface area contributed by atoms with Crippen molar-refractivity contribution in [2.24, 2.45) is 5.92 Å². The van der Waals surface area contributed by atoms with Crippen LogP contribution in [0.5, 0.6) is 0 Å². The summed E-state index contributed by atoms with van der Waals surface area (Å²) < 4.78 is 18.2. The summed E-state index contributed by atoms with van der Waals surface area (Å²) in [6.45, 7) is 4.53. The fourth-order valence-electron chi connectivity index (χ4n) is 4.08. The van der Waals surface area contributed by atoms with Crippen LogP contribution in [-0.2, 0) is 23.8 Å². The maximum Gasteiger partial charge on any atom is 0.412 e. The Morgan fingerprint density at radius 1 is 1.16 bits per heavy atom. The highest BCUT2D eigenvalue weighted by Crippen LogP contribution is 2.33. The first-order valence-electron chi connectivity index (χ1n) is 12.3. The molecule has 198 valence electrons. The largest absolute Gasteiger partial charge is 0.443 e. The summed E-state index contributed by atoms with van der Waals surface area (Å²) in [5, 5.41) is 5.77. The number of carbonyl (C=O) groups is 2. The molecule has 0 bridgehead atoms. The number of nitrogens with zero attached hydrogens (tertiary/aromatic N) is 1. The van der Waals surface area contributed by atoms with Crippen LogP contribution in [0.3, 0.4) is 0 Å². The molecule has 10 heteroatoms. The van der Waals surface area contributed by atoms with Crippen LogP contribution in [0.1, 0.15) is 25.8 Å². The average molecular weight is 528 g/mol. The average Bonchev–Trinajstić information content (AvgIpc) is 3.49. The molecular formula is C27H33N3O6S. The number of amides is 1. The number of benzene rings is 2. The van der Waals surface area contributed by atoms with Crippen molar-refractivity contribution in [1.29, 1.82) is 0 Å². The van der Waals surface area contributed by atoms with Crippen LogP contribution in [0.15, 0.2) is 65.2 Å². The Bertz CT molecular complexity index is 1100. The number of hydroxylamine groups is 1. The molecule has 3 atom stereocenters. The number of anilines is 1. The van der Waals surface area contributed by atoms with E-state index in [-0.39, 0.29) is 42.9 Å². The van der Waals surface area contributed by atoms with E-state index in [9.17, 15) is 9.59 Å². The van der Waals surface area contributed by atoms with Crippen molar-refractivity contribution in [3.8, 4) is 0 Å². The molecule has 2 aliphatic heterocycles. The first kappa shape index (κ1) is 27.2. The van der Waals surface area contributed by atoms with Gasteiger partial charge < -0.3 is 19.5 Å². The zero-order valence-electron chi connectivity index (χ0n) is 21.2. The summed E-state index contributed by atoms with van der Waals surface area (Å²) in [7, 11) is 1.85. The molecule has 37 heavy (non-hydrogen) atoms. The summed E-state index contributed by atoms with van der Waals surface area (Å²) in [5.74, 6) is -0.328. The molecule has 9 nitrogen and oxygen atoms in total. The van der Waals surface area contributed by atoms with Gasteiger partial charge in [0.1, 0.15) is 12.6 Å². The Balaban J connectivity index is 1.48. The van der Waals surface area contributed by atoms with Crippen LogP contribution in [-0.4, -0.2) is 61.6 Å². The number of hydrogen-bond acceptors (Lipinski definition) is 9. The number of Topliss-reactive ketones (excluding diaryl/α,β-unsaturated/α-hetero) is 1. The molecule has 2 saturated heterocycles. The third-order valence-electron chi connectivity index (χ3n) is 5.82. The molecule has 0 radical (unpaired) electrons. The SMILES string of the molecule is CNc1cccc(SN(CC(=O)/C(=C/c2ccccc2)NC(=O)O[C@H]2CO[C@H]3OCC[C@H]32)OC(C)C)c1. The molecule has 0 unspecified atom stereocenters. The van der Waals surface area contributed by atoms with Gasteiger partial charge in [0.05, 0.1) is 30.9 Å². The van der Waals surface area contributed by atoms with Gasteiger partial charge in [0.25, 0.3) is 0 Å². The van der Waals surface area contributed by atoms with E-state index in [4.69, 9.17) is 19.0 Å². The van der Waals surface area contributed by atoms with Gasteiger partial charge in [0, 0.05) is 17.6 Å². The van der Waals surface area contributed by atoms with Gasteiger partial charge in [0.15, 0.2) is 12.1 Å². The molecule has 0 spiro atoms. The summed E-state index contributed by atoms with van der Waals surface area (Å²) in [6, 6.07) is 17.1. The molecule has 2 aliphatic rings. The van der Waals surface area contributed by atoms with Crippen molar-refractivity contribution >= 4 is 35.6 Å². The van der Waals surface area contributed by atoms with Gasteiger partial charge in [-0.1, -0.05) is 36.4 Å². The summed E-state index contributed by atoms with van der Waals surface area (Å²) in [4.78, 5) is 33.1. The predicted octanol–water partition coefficient (Wildman–Crippen LogP) is 4.48. The molecule has 2 fully saturated rings. The topological polar surface area (TPSA) is 98.4 Å². The minimum atomic E-state index is -0.706. The van der Waals surface area contributed by atoms with Crippen molar-refractivity contribution in [1.82, 2.24) is 9.79 Å². The third kappa shape index (κ3) is 7.80. The van der Waals surface area contributed by atoms with E-state index < -0.39 is 12.2 Å². The van der Waals surface area contributed by atoms with Gasteiger partial charge in [0.2, 0.25) is 0 Å². The fourth-order valence-corrected chi connectivity index (χ4v) is 5.03. The Kier molecular flexibility index (Phi) is 9.59. The van der Waals surface area contributed by atoms with E-state index in [1.807, 2.05) is 75.5 Å². The van der Waals surface area contributed by atoms with E-state index in [2.05, 4.69) is 10.6 Å². The maximum absolute atomic E-state index is 13.5. The first-order chi connectivity index (χ1) is 17.9. The standard InChI is InChI=1S/C27H33N3O6S/c1-18(2)36-30(37-21-11-7-10-20(15-21)28-3)16-24(31)23(14-19-8-5-4-6-9-19)29-27(32)35-25-17-34-26-22(25)12-13-33-26/h4-11,14-15,18,22,25-26,28H,12-13,16-17H2,1-3H3,(H,29,32)/b23-14-/t22-,25-,26+/m0/s1. The molecule has 2 N–H and O–H groups in total. The van der Waals surface area contributed by atoms with E-state index in [0.29, 0.717) is 6.61 Å². The minimum Gasteiger partial charge on any atom is -0.443 e. The maximum atomic E-state index is 13.5. The Morgan fingerprint density at radius 2 is 1.97 bits per heavy atom. The summed E-state index contributed by atoms with van der Waals surface area (Å²) >= 11 is 1.30. The van der Waals surface area contributed by atoms with E-state index in [1.54, 1.807) is 6.08 Å². The molecule has 0 aromatic heterocycles. The van der Waals surface area contributed by atoms with E-state index >= 15 is 0 Å². The highest BCUT2D eigenvalue weighted by molar-refractivity contribution is 7.97. The molecule has 0 saturated carbocycles. The zero-order valence-corrected chi connectivity index (χ0v) is 22.0. The van der Waals surface area contributed by atoms with Gasteiger partial charge in [-0.15, -0.1) is 4.47 Å². The molecular weight excluding hydrogens is 494 g/mol. The highest BCUT2D eigenvalue weighted by Gasteiger charge is 2.44. The van der Waals surface area contributed by atoms with Crippen LogP contribution in [0, 0.1) is 5.92 Å². The lowest BCUT2D eigenvalue weighted by molar-refractivity contribution is -0.135. The molecule has 0 aliphatic carbocycles. The smallest absolute Gasteiger partial charge is 0.412 e. The second-order valence-electron chi connectivity index (χ2n) is 9.00. The number of carbonyl (C=O) groups excluding carboxylic acids is 2. The Labute approximate surface area is 221 Å². The highest BCUT2D eigenvalue weighted by atomic mass is 32.2.